The Morgan fingerprint density at radius 2 is 2.46 bits per heavy atom. The van der Waals surface area contributed by atoms with E-state index in [0.717, 1.165) is 19.5 Å². The minimum Gasteiger partial charge on any atom is -0.478 e. The second-order valence-electron chi connectivity index (χ2n) is 3.54. The lowest BCUT2D eigenvalue weighted by molar-refractivity contribution is -0.133. The van der Waals surface area contributed by atoms with Crippen LogP contribution in [0.4, 0.5) is 0 Å². The summed E-state index contributed by atoms with van der Waals surface area (Å²) in [7, 11) is 0. The van der Waals surface area contributed by atoms with Crippen molar-refractivity contribution in [2.24, 2.45) is 0 Å². The first kappa shape index (κ1) is 10.3. The molecular formula is C10H17NO2. The molecule has 0 aromatic carbocycles. The number of hydrogen-bond acceptors (Lipinski definition) is 2. The zero-order valence-electron chi connectivity index (χ0n) is 8.29. The van der Waals surface area contributed by atoms with E-state index >= 15 is 0 Å². The predicted octanol–water partition coefficient (Wildman–Crippen LogP) is 1.50. The molecule has 1 N–H and O–H groups in total. The standard InChI is InChI=1S/C10H17NO2/c1-3-8(2)11-6-4-9(5-7-11)10(12)13/h4,8H,3,5-7H2,1-2H3,(H,12,13). The second-order valence-corrected chi connectivity index (χ2v) is 3.54. The van der Waals surface area contributed by atoms with Gasteiger partial charge in [-0.15, -0.1) is 0 Å². The zero-order chi connectivity index (χ0) is 9.84. The van der Waals surface area contributed by atoms with Gasteiger partial charge >= 0.3 is 5.97 Å². The van der Waals surface area contributed by atoms with E-state index in [-0.39, 0.29) is 0 Å². The molecule has 0 bridgehead atoms. The van der Waals surface area contributed by atoms with E-state index < -0.39 is 5.97 Å². The highest BCUT2D eigenvalue weighted by atomic mass is 16.4. The summed E-state index contributed by atoms with van der Waals surface area (Å²) >= 11 is 0. The third-order valence-corrected chi connectivity index (χ3v) is 2.73. The molecule has 1 heterocycles. The van der Waals surface area contributed by atoms with Crippen molar-refractivity contribution in [1.29, 1.82) is 0 Å². The molecule has 0 amide bonds. The summed E-state index contributed by atoms with van der Waals surface area (Å²) in [6.07, 6.45) is 3.63. The largest absolute Gasteiger partial charge is 0.478 e. The second kappa shape index (κ2) is 4.42. The van der Waals surface area contributed by atoms with Crippen LogP contribution in [0.25, 0.3) is 0 Å². The van der Waals surface area contributed by atoms with Gasteiger partial charge < -0.3 is 5.11 Å². The van der Waals surface area contributed by atoms with Gasteiger partial charge in [0.2, 0.25) is 0 Å². The van der Waals surface area contributed by atoms with Gasteiger partial charge in [-0.2, -0.15) is 0 Å². The third kappa shape index (κ3) is 2.56. The molecule has 0 aromatic rings. The molecule has 0 saturated heterocycles. The maximum Gasteiger partial charge on any atom is 0.331 e. The summed E-state index contributed by atoms with van der Waals surface area (Å²) in [6.45, 7) is 6.00. The molecule has 1 atom stereocenters. The van der Waals surface area contributed by atoms with Gasteiger partial charge in [-0.25, -0.2) is 4.79 Å². The van der Waals surface area contributed by atoms with Crippen LogP contribution in [0, 0.1) is 0 Å². The Morgan fingerprint density at radius 1 is 1.77 bits per heavy atom. The lowest BCUT2D eigenvalue weighted by atomic mass is 10.1. The molecule has 1 rings (SSSR count). The minimum absolute atomic E-state index is 0.562. The summed E-state index contributed by atoms with van der Waals surface area (Å²) in [5.74, 6) is -0.760. The number of carboxylic acids is 1. The molecule has 3 heteroatoms. The number of carbonyl (C=O) groups is 1. The highest BCUT2D eigenvalue weighted by Gasteiger charge is 2.18. The fourth-order valence-corrected chi connectivity index (χ4v) is 1.54. The molecule has 1 aliphatic heterocycles. The highest BCUT2D eigenvalue weighted by Crippen LogP contribution is 2.14. The molecule has 0 fully saturated rings. The van der Waals surface area contributed by atoms with Crippen LogP contribution in [-0.2, 0) is 4.79 Å². The number of aliphatic carboxylic acids is 1. The number of nitrogens with zero attached hydrogens (tertiary/aromatic N) is 1. The van der Waals surface area contributed by atoms with Gasteiger partial charge in [-0.1, -0.05) is 13.0 Å². The van der Waals surface area contributed by atoms with Crippen LogP contribution in [0.3, 0.4) is 0 Å². The topological polar surface area (TPSA) is 40.5 Å². The maximum atomic E-state index is 10.6. The number of rotatable bonds is 3. The molecular weight excluding hydrogens is 166 g/mol. The Kier molecular flexibility index (Phi) is 3.48. The Balaban J connectivity index is 2.51. The molecule has 0 aliphatic carbocycles. The molecule has 0 radical (unpaired) electrons. The average Bonchev–Trinajstić information content (AvgIpc) is 2.17. The van der Waals surface area contributed by atoms with Gasteiger partial charge in [0.05, 0.1) is 0 Å². The van der Waals surface area contributed by atoms with E-state index in [0.29, 0.717) is 18.0 Å². The van der Waals surface area contributed by atoms with E-state index in [1.165, 1.54) is 0 Å². The fraction of sp³-hybridized carbons (Fsp3) is 0.700. The van der Waals surface area contributed by atoms with Crippen molar-refractivity contribution < 1.29 is 9.90 Å². The van der Waals surface area contributed by atoms with Crippen LogP contribution in [0.15, 0.2) is 11.6 Å². The van der Waals surface area contributed by atoms with E-state index in [1.807, 2.05) is 6.08 Å². The Labute approximate surface area is 79.0 Å². The molecule has 74 valence electrons. The average molecular weight is 183 g/mol. The molecule has 0 saturated carbocycles. The first-order valence-corrected chi connectivity index (χ1v) is 4.81. The van der Waals surface area contributed by atoms with Crippen molar-refractivity contribution in [3.8, 4) is 0 Å². The summed E-state index contributed by atoms with van der Waals surface area (Å²) in [4.78, 5) is 12.9. The molecule has 1 unspecified atom stereocenters. The van der Waals surface area contributed by atoms with E-state index in [1.54, 1.807) is 0 Å². The monoisotopic (exact) mass is 183 g/mol. The van der Waals surface area contributed by atoms with Crippen molar-refractivity contribution in [2.75, 3.05) is 13.1 Å². The van der Waals surface area contributed by atoms with Gasteiger partial charge in [0.25, 0.3) is 0 Å². The Hall–Kier alpha value is -0.830. The number of carboxylic acid groups (broad SMARTS) is 1. The summed E-state index contributed by atoms with van der Waals surface area (Å²) in [6, 6.07) is 0.562. The van der Waals surface area contributed by atoms with Gasteiger partial charge in [0, 0.05) is 24.7 Å². The highest BCUT2D eigenvalue weighted by molar-refractivity contribution is 5.86. The molecule has 1 aliphatic rings. The fourth-order valence-electron chi connectivity index (χ4n) is 1.54. The van der Waals surface area contributed by atoms with Crippen molar-refractivity contribution in [2.45, 2.75) is 32.7 Å². The van der Waals surface area contributed by atoms with Gasteiger partial charge in [0.15, 0.2) is 0 Å². The number of hydrogen-bond donors (Lipinski definition) is 1. The quantitative estimate of drug-likeness (QED) is 0.721. The van der Waals surface area contributed by atoms with Crippen LogP contribution in [0.5, 0.6) is 0 Å². The Morgan fingerprint density at radius 3 is 2.85 bits per heavy atom. The van der Waals surface area contributed by atoms with Gasteiger partial charge in [-0.05, 0) is 19.8 Å². The smallest absolute Gasteiger partial charge is 0.331 e. The summed E-state index contributed by atoms with van der Waals surface area (Å²) < 4.78 is 0. The van der Waals surface area contributed by atoms with Crippen LogP contribution >= 0.6 is 0 Å². The van der Waals surface area contributed by atoms with Crippen molar-refractivity contribution in [1.82, 2.24) is 4.90 Å². The first-order chi connectivity index (χ1) is 6.15. The molecule has 0 aromatic heterocycles. The van der Waals surface area contributed by atoms with Gasteiger partial charge in [-0.3, -0.25) is 4.90 Å². The van der Waals surface area contributed by atoms with E-state index in [9.17, 15) is 4.79 Å². The SMILES string of the molecule is CCC(C)N1CC=C(C(=O)O)CC1. The minimum atomic E-state index is -0.760. The maximum absolute atomic E-state index is 10.6. The predicted molar refractivity (Wildman–Crippen MR) is 51.7 cm³/mol. The lowest BCUT2D eigenvalue weighted by Gasteiger charge is -2.30. The van der Waals surface area contributed by atoms with Crippen molar-refractivity contribution >= 4 is 5.97 Å². The summed E-state index contributed by atoms with van der Waals surface area (Å²) in [5, 5.41) is 8.73. The third-order valence-electron chi connectivity index (χ3n) is 2.73. The summed E-state index contributed by atoms with van der Waals surface area (Å²) in [5.41, 5.74) is 0.569. The van der Waals surface area contributed by atoms with Gasteiger partial charge in [0.1, 0.15) is 0 Å². The van der Waals surface area contributed by atoms with Crippen LogP contribution in [0.1, 0.15) is 26.7 Å². The molecule has 13 heavy (non-hydrogen) atoms. The van der Waals surface area contributed by atoms with Crippen molar-refractivity contribution in [3.05, 3.63) is 11.6 Å². The van der Waals surface area contributed by atoms with Crippen LogP contribution in [0.2, 0.25) is 0 Å². The van der Waals surface area contributed by atoms with E-state index in [4.69, 9.17) is 5.11 Å². The van der Waals surface area contributed by atoms with E-state index in [2.05, 4.69) is 18.7 Å². The normalized spacial score (nSPS) is 20.9. The molecule has 3 nitrogen and oxygen atoms in total. The first-order valence-electron chi connectivity index (χ1n) is 4.81. The molecule has 0 spiro atoms. The lowest BCUT2D eigenvalue weighted by Crippen LogP contribution is -2.36. The van der Waals surface area contributed by atoms with Crippen molar-refractivity contribution in [3.63, 3.8) is 0 Å². The Bertz CT molecular complexity index is 223. The zero-order valence-corrected chi connectivity index (χ0v) is 8.29. The van der Waals surface area contributed by atoms with Crippen LogP contribution in [-0.4, -0.2) is 35.1 Å². The van der Waals surface area contributed by atoms with Crippen LogP contribution < -0.4 is 0 Å².